The molecule has 2 atom stereocenters. The predicted octanol–water partition coefficient (Wildman–Crippen LogP) is 3.72. The van der Waals surface area contributed by atoms with Crippen LogP contribution in [0, 0.1) is 5.92 Å². The van der Waals surface area contributed by atoms with Gasteiger partial charge in [0.2, 0.25) is 0 Å². The summed E-state index contributed by atoms with van der Waals surface area (Å²) in [7, 11) is 1.82. The standard InChI is InChI=1S/C17H23N3OS/c1-13(11-16-5-4-10-22-16)12-19-17(21)20(3)14(2)15-6-8-18-9-7-15/h4-10,13-14H,11-12H2,1-3H3,(H,19,21)/t13-,14+/m1/s1. The average Bonchev–Trinajstić information content (AvgIpc) is 3.05. The van der Waals surface area contributed by atoms with E-state index in [0.29, 0.717) is 12.5 Å². The van der Waals surface area contributed by atoms with E-state index in [4.69, 9.17) is 0 Å². The Balaban J connectivity index is 1.81. The van der Waals surface area contributed by atoms with Gasteiger partial charge in [0.1, 0.15) is 0 Å². The molecule has 0 aliphatic heterocycles. The molecule has 0 saturated heterocycles. The first-order chi connectivity index (χ1) is 10.6. The van der Waals surface area contributed by atoms with Crippen LogP contribution in [0.3, 0.4) is 0 Å². The molecule has 22 heavy (non-hydrogen) atoms. The molecule has 0 aromatic carbocycles. The third-order valence-electron chi connectivity index (χ3n) is 3.82. The smallest absolute Gasteiger partial charge is 0.317 e. The molecule has 0 spiro atoms. The fourth-order valence-corrected chi connectivity index (χ4v) is 3.14. The number of carbonyl (C=O) groups excluding carboxylic acids is 1. The molecule has 0 bridgehead atoms. The molecule has 0 saturated carbocycles. The van der Waals surface area contributed by atoms with E-state index >= 15 is 0 Å². The summed E-state index contributed by atoms with van der Waals surface area (Å²) < 4.78 is 0. The van der Waals surface area contributed by atoms with Gasteiger partial charge in [0.25, 0.3) is 0 Å². The lowest BCUT2D eigenvalue weighted by atomic mass is 10.1. The van der Waals surface area contributed by atoms with Crippen molar-refractivity contribution in [3.05, 3.63) is 52.5 Å². The minimum absolute atomic E-state index is 0.0237. The number of urea groups is 1. The molecular formula is C17H23N3OS. The van der Waals surface area contributed by atoms with Crippen molar-refractivity contribution in [1.29, 1.82) is 0 Å². The van der Waals surface area contributed by atoms with Crippen LogP contribution < -0.4 is 5.32 Å². The maximum absolute atomic E-state index is 12.3. The highest BCUT2D eigenvalue weighted by Gasteiger charge is 2.17. The Hall–Kier alpha value is -1.88. The minimum Gasteiger partial charge on any atom is -0.338 e. The first-order valence-electron chi connectivity index (χ1n) is 7.51. The first-order valence-corrected chi connectivity index (χ1v) is 8.39. The van der Waals surface area contributed by atoms with Crippen LogP contribution in [0.25, 0.3) is 0 Å². The topological polar surface area (TPSA) is 45.2 Å². The summed E-state index contributed by atoms with van der Waals surface area (Å²) in [4.78, 5) is 19.4. The number of amides is 2. The van der Waals surface area contributed by atoms with Crippen LogP contribution in [0.4, 0.5) is 4.79 Å². The summed E-state index contributed by atoms with van der Waals surface area (Å²) in [6, 6.07) is 8.07. The molecule has 0 aliphatic rings. The lowest BCUT2D eigenvalue weighted by Crippen LogP contribution is -2.40. The summed E-state index contributed by atoms with van der Waals surface area (Å²) in [6.07, 6.45) is 4.50. The number of aromatic nitrogens is 1. The fourth-order valence-electron chi connectivity index (χ4n) is 2.27. The molecular weight excluding hydrogens is 294 g/mol. The van der Waals surface area contributed by atoms with Gasteiger partial charge in [-0.15, -0.1) is 11.3 Å². The Morgan fingerprint density at radius 3 is 2.68 bits per heavy atom. The van der Waals surface area contributed by atoms with Gasteiger partial charge in [-0.2, -0.15) is 0 Å². The number of thiophene rings is 1. The molecule has 2 aromatic heterocycles. The SMILES string of the molecule is C[C@@H](CNC(=O)N(C)[C@@H](C)c1ccncc1)Cc1cccs1. The lowest BCUT2D eigenvalue weighted by Gasteiger charge is -2.26. The molecule has 2 aromatic rings. The van der Waals surface area contributed by atoms with Crippen molar-refractivity contribution in [3.63, 3.8) is 0 Å². The lowest BCUT2D eigenvalue weighted by molar-refractivity contribution is 0.193. The molecule has 2 amide bonds. The zero-order valence-electron chi connectivity index (χ0n) is 13.3. The van der Waals surface area contributed by atoms with Gasteiger partial charge < -0.3 is 10.2 Å². The quantitative estimate of drug-likeness (QED) is 0.882. The molecule has 0 fully saturated rings. The van der Waals surface area contributed by atoms with E-state index in [9.17, 15) is 4.79 Å². The summed E-state index contributed by atoms with van der Waals surface area (Å²) >= 11 is 1.76. The second kappa shape index (κ2) is 7.94. The Morgan fingerprint density at radius 2 is 2.05 bits per heavy atom. The predicted molar refractivity (Wildman–Crippen MR) is 91.0 cm³/mol. The molecule has 1 N–H and O–H groups in total. The van der Waals surface area contributed by atoms with Crippen LogP contribution >= 0.6 is 11.3 Å². The fraction of sp³-hybridized carbons (Fsp3) is 0.412. The number of hydrogen-bond acceptors (Lipinski definition) is 3. The van der Waals surface area contributed by atoms with Gasteiger partial charge in [-0.05, 0) is 48.4 Å². The highest BCUT2D eigenvalue weighted by atomic mass is 32.1. The minimum atomic E-state index is -0.0395. The Bertz CT molecular complexity index is 571. The van der Waals surface area contributed by atoms with Crippen molar-refractivity contribution in [2.24, 2.45) is 5.92 Å². The Kier molecular flexibility index (Phi) is 5.95. The largest absolute Gasteiger partial charge is 0.338 e. The molecule has 0 unspecified atom stereocenters. The summed E-state index contributed by atoms with van der Waals surface area (Å²) in [5.41, 5.74) is 1.08. The number of carbonyl (C=O) groups is 1. The van der Waals surface area contributed by atoms with E-state index in [-0.39, 0.29) is 12.1 Å². The van der Waals surface area contributed by atoms with E-state index in [2.05, 4.69) is 34.7 Å². The maximum Gasteiger partial charge on any atom is 0.317 e. The molecule has 0 aliphatic carbocycles. The third-order valence-corrected chi connectivity index (χ3v) is 4.72. The number of nitrogens with zero attached hydrogens (tertiary/aromatic N) is 2. The number of pyridine rings is 1. The normalized spacial score (nSPS) is 13.4. The number of hydrogen-bond donors (Lipinski definition) is 1. The van der Waals surface area contributed by atoms with E-state index < -0.39 is 0 Å². The van der Waals surface area contributed by atoms with E-state index in [0.717, 1.165) is 12.0 Å². The zero-order valence-corrected chi connectivity index (χ0v) is 14.1. The van der Waals surface area contributed by atoms with Crippen LogP contribution in [0.1, 0.15) is 30.3 Å². The number of rotatable bonds is 6. The van der Waals surface area contributed by atoms with Crippen molar-refractivity contribution in [1.82, 2.24) is 15.2 Å². The van der Waals surface area contributed by atoms with Crippen molar-refractivity contribution in [2.75, 3.05) is 13.6 Å². The molecule has 0 radical (unpaired) electrons. The van der Waals surface area contributed by atoms with Crippen LogP contribution in [-0.2, 0) is 6.42 Å². The summed E-state index contributed by atoms with van der Waals surface area (Å²) in [5.74, 6) is 0.423. The van der Waals surface area contributed by atoms with Crippen molar-refractivity contribution < 1.29 is 4.79 Å². The van der Waals surface area contributed by atoms with Crippen molar-refractivity contribution in [3.8, 4) is 0 Å². The monoisotopic (exact) mass is 317 g/mol. The molecule has 4 nitrogen and oxygen atoms in total. The van der Waals surface area contributed by atoms with Crippen LogP contribution in [0.15, 0.2) is 42.0 Å². The second-order valence-corrected chi connectivity index (χ2v) is 6.67. The van der Waals surface area contributed by atoms with Crippen molar-refractivity contribution in [2.45, 2.75) is 26.3 Å². The molecule has 2 rings (SSSR count). The Labute approximate surface area is 136 Å². The van der Waals surface area contributed by atoms with Gasteiger partial charge in [-0.3, -0.25) is 4.98 Å². The summed E-state index contributed by atoms with van der Waals surface area (Å²) in [6.45, 7) is 4.86. The van der Waals surface area contributed by atoms with Crippen molar-refractivity contribution >= 4 is 17.4 Å². The molecule has 118 valence electrons. The van der Waals surface area contributed by atoms with Gasteiger partial charge >= 0.3 is 6.03 Å². The van der Waals surface area contributed by atoms with Gasteiger partial charge in [-0.25, -0.2) is 4.79 Å². The van der Waals surface area contributed by atoms with E-state index in [1.54, 1.807) is 28.6 Å². The molecule has 5 heteroatoms. The highest BCUT2D eigenvalue weighted by molar-refractivity contribution is 7.09. The van der Waals surface area contributed by atoms with Gasteiger partial charge in [-0.1, -0.05) is 13.0 Å². The first kappa shape index (κ1) is 16.5. The zero-order chi connectivity index (χ0) is 15.9. The maximum atomic E-state index is 12.3. The average molecular weight is 317 g/mol. The van der Waals surface area contributed by atoms with Gasteiger partial charge in [0.15, 0.2) is 0 Å². The highest BCUT2D eigenvalue weighted by Crippen LogP contribution is 2.18. The number of nitrogens with one attached hydrogen (secondary N) is 1. The summed E-state index contributed by atoms with van der Waals surface area (Å²) in [5, 5.41) is 5.11. The van der Waals surface area contributed by atoms with Gasteiger partial charge in [0.05, 0.1) is 6.04 Å². The van der Waals surface area contributed by atoms with E-state index in [1.807, 2.05) is 26.1 Å². The van der Waals surface area contributed by atoms with Crippen LogP contribution in [0.2, 0.25) is 0 Å². The third kappa shape index (κ3) is 4.56. The second-order valence-electron chi connectivity index (χ2n) is 5.64. The van der Waals surface area contributed by atoms with Crippen LogP contribution in [-0.4, -0.2) is 29.5 Å². The molecule has 2 heterocycles. The van der Waals surface area contributed by atoms with Crippen LogP contribution in [0.5, 0.6) is 0 Å². The van der Waals surface area contributed by atoms with Gasteiger partial charge in [0, 0.05) is 30.9 Å². The Morgan fingerprint density at radius 1 is 1.32 bits per heavy atom. The van der Waals surface area contributed by atoms with E-state index in [1.165, 1.54) is 4.88 Å².